The zero-order valence-corrected chi connectivity index (χ0v) is 10.2. The molecule has 1 aliphatic rings. The first-order valence-electron chi connectivity index (χ1n) is 5.28. The summed E-state index contributed by atoms with van der Waals surface area (Å²) in [5.41, 5.74) is 0.525. The number of hydrogen-bond donors (Lipinski definition) is 1. The van der Waals surface area contributed by atoms with Crippen LogP contribution < -0.4 is 4.90 Å². The normalized spacial score (nSPS) is 19.8. The molecule has 0 aromatic heterocycles. The number of benzene rings is 1. The molecule has 0 N–H and O–H groups in total. The molecule has 1 saturated heterocycles. The second-order valence-corrected chi connectivity index (χ2v) is 4.81. The van der Waals surface area contributed by atoms with Gasteiger partial charge in [-0.1, -0.05) is 0 Å². The number of carbonyl (C=O) groups is 2. The summed E-state index contributed by atoms with van der Waals surface area (Å²) in [6.07, 6.45) is 0.316. The highest BCUT2D eigenvalue weighted by atomic mass is 32.1. The van der Waals surface area contributed by atoms with Gasteiger partial charge in [0.2, 0.25) is 5.91 Å². The minimum Gasteiger partial charge on any atom is -0.309 e. The Hall–Kier alpha value is -1.36. The summed E-state index contributed by atoms with van der Waals surface area (Å²) < 4.78 is 13.8. The van der Waals surface area contributed by atoms with E-state index in [4.69, 9.17) is 0 Å². The molecule has 2 rings (SSSR count). The fourth-order valence-electron chi connectivity index (χ4n) is 1.87. The molecular formula is C12H12FNO2S. The molecule has 3 nitrogen and oxygen atoms in total. The standard InChI is InChI=1S/C12H12FNO2S/c1-7(15)8-2-3-11(10(13)4-8)14-6-9(17)5-12(14)16/h2-4,9,17H,5-6H2,1H3. The molecule has 1 aromatic rings. The van der Waals surface area contributed by atoms with Gasteiger partial charge >= 0.3 is 0 Å². The largest absolute Gasteiger partial charge is 0.309 e. The number of carbonyl (C=O) groups excluding carboxylic acids is 2. The quantitative estimate of drug-likeness (QED) is 0.647. The van der Waals surface area contributed by atoms with Gasteiger partial charge in [-0.3, -0.25) is 9.59 Å². The van der Waals surface area contributed by atoms with Crippen molar-refractivity contribution in [1.82, 2.24) is 0 Å². The highest BCUT2D eigenvalue weighted by Crippen LogP contribution is 2.27. The van der Waals surface area contributed by atoms with Crippen molar-refractivity contribution >= 4 is 30.0 Å². The van der Waals surface area contributed by atoms with E-state index in [-0.39, 0.29) is 22.6 Å². The molecule has 1 atom stereocenters. The number of amides is 1. The summed E-state index contributed by atoms with van der Waals surface area (Å²) in [6.45, 7) is 1.78. The predicted molar refractivity (Wildman–Crippen MR) is 66.1 cm³/mol. The number of hydrogen-bond acceptors (Lipinski definition) is 3. The summed E-state index contributed by atoms with van der Waals surface area (Å²) in [4.78, 5) is 24.1. The van der Waals surface area contributed by atoms with Crippen LogP contribution in [-0.2, 0) is 4.79 Å². The van der Waals surface area contributed by atoms with E-state index < -0.39 is 5.82 Å². The van der Waals surface area contributed by atoms with Gasteiger partial charge in [-0.25, -0.2) is 4.39 Å². The Kier molecular flexibility index (Phi) is 3.19. The van der Waals surface area contributed by atoms with Crippen molar-refractivity contribution in [3.05, 3.63) is 29.6 Å². The summed E-state index contributed by atoms with van der Waals surface area (Å²) in [6, 6.07) is 4.16. The monoisotopic (exact) mass is 253 g/mol. The first-order chi connectivity index (χ1) is 7.99. The average Bonchev–Trinajstić information content (AvgIpc) is 2.57. The molecule has 0 saturated carbocycles. The maximum atomic E-state index is 13.8. The van der Waals surface area contributed by atoms with E-state index in [9.17, 15) is 14.0 Å². The Morgan fingerprint density at radius 2 is 2.24 bits per heavy atom. The number of rotatable bonds is 2. The van der Waals surface area contributed by atoms with Gasteiger partial charge in [-0.15, -0.1) is 0 Å². The van der Waals surface area contributed by atoms with Crippen molar-refractivity contribution in [3.8, 4) is 0 Å². The van der Waals surface area contributed by atoms with Gasteiger partial charge in [-0.05, 0) is 25.1 Å². The number of halogens is 1. The van der Waals surface area contributed by atoms with Gasteiger partial charge in [-0.2, -0.15) is 12.6 Å². The predicted octanol–water partition coefficient (Wildman–Crippen LogP) is 2.06. The fourth-order valence-corrected chi connectivity index (χ4v) is 2.19. The molecule has 1 amide bonds. The third kappa shape index (κ3) is 2.34. The van der Waals surface area contributed by atoms with Crippen LogP contribution in [0.15, 0.2) is 18.2 Å². The van der Waals surface area contributed by atoms with Crippen molar-refractivity contribution in [1.29, 1.82) is 0 Å². The number of thiol groups is 1. The third-order valence-corrected chi connectivity index (χ3v) is 3.10. The lowest BCUT2D eigenvalue weighted by molar-refractivity contribution is -0.117. The topological polar surface area (TPSA) is 37.4 Å². The molecule has 1 unspecified atom stereocenters. The van der Waals surface area contributed by atoms with Crippen molar-refractivity contribution in [2.24, 2.45) is 0 Å². The van der Waals surface area contributed by atoms with Gasteiger partial charge in [0.25, 0.3) is 0 Å². The lowest BCUT2D eigenvalue weighted by atomic mass is 10.1. The molecule has 1 fully saturated rings. The molecule has 0 bridgehead atoms. The van der Waals surface area contributed by atoms with Crippen LogP contribution in [0, 0.1) is 5.82 Å². The van der Waals surface area contributed by atoms with E-state index in [0.717, 1.165) is 6.07 Å². The highest BCUT2D eigenvalue weighted by Gasteiger charge is 2.30. The van der Waals surface area contributed by atoms with Crippen molar-refractivity contribution in [3.63, 3.8) is 0 Å². The molecule has 1 aliphatic heterocycles. The molecular weight excluding hydrogens is 241 g/mol. The second kappa shape index (κ2) is 4.49. The van der Waals surface area contributed by atoms with Crippen LogP contribution in [0.3, 0.4) is 0 Å². The number of anilines is 1. The molecule has 0 spiro atoms. The van der Waals surface area contributed by atoms with Gasteiger partial charge in [0, 0.05) is 23.8 Å². The van der Waals surface area contributed by atoms with Crippen molar-refractivity contribution in [2.75, 3.05) is 11.4 Å². The Labute approximate surface area is 104 Å². The van der Waals surface area contributed by atoms with Crippen LogP contribution in [0.4, 0.5) is 10.1 Å². The molecule has 1 heterocycles. The van der Waals surface area contributed by atoms with E-state index in [1.54, 1.807) is 0 Å². The van der Waals surface area contributed by atoms with E-state index in [2.05, 4.69) is 12.6 Å². The number of Topliss-reactive ketones (excluding diaryl/α,β-unsaturated/α-hetero) is 1. The average molecular weight is 253 g/mol. The Morgan fingerprint density at radius 1 is 1.53 bits per heavy atom. The van der Waals surface area contributed by atoms with Crippen LogP contribution in [0.25, 0.3) is 0 Å². The Bertz CT molecular complexity index is 489. The summed E-state index contributed by atoms with van der Waals surface area (Å²) in [5.74, 6) is -0.886. The minimum atomic E-state index is -0.548. The second-order valence-electron chi connectivity index (χ2n) is 4.08. The molecule has 90 valence electrons. The SMILES string of the molecule is CC(=O)c1ccc(N2CC(S)CC2=O)c(F)c1. The van der Waals surface area contributed by atoms with E-state index in [0.29, 0.717) is 18.5 Å². The smallest absolute Gasteiger partial charge is 0.228 e. The van der Waals surface area contributed by atoms with Crippen LogP contribution in [0.1, 0.15) is 23.7 Å². The van der Waals surface area contributed by atoms with Gasteiger partial charge in [0.05, 0.1) is 5.69 Å². The Morgan fingerprint density at radius 3 is 2.71 bits per heavy atom. The summed E-state index contributed by atoms with van der Waals surface area (Å²) >= 11 is 4.21. The lowest BCUT2D eigenvalue weighted by Crippen LogP contribution is -2.25. The van der Waals surface area contributed by atoms with Crippen molar-refractivity contribution < 1.29 is 14.0 Å². The van der Waals surface area contributed by atoms with E-state index in [1.165, 1.54) is 24.0 Å². The summed E-state index contributed by atoms with van der Waals surface area (Å²) in [5, 5.41) is -0.0608. The minimum absolute atomic E-state index is 0.0608. The van der Waals surface area contributed by atoms with Gasteiger partial charge in [0.15, 0.2) is 5.78 Å². The van der Waals surface area contributed by atoms with E-state index in [1.807, 2.05) is 0 Å². The first kappa shape index (κ1) is 12.1. The zero-order chi connectivity index (χ0) is 12.6. The first-order valence-corrected chi connectivity index (χ1v) is 5.79. The van der Waals surface area contributed by atoms with Crippen LogP contribution in [-0.4, -0.2) is 23.5 Å². The number of nitrogens with zero attached hydrogens (tertiary/aromatic N) is 1. The maximum Gasteiger partial charge on any atom is 0.228 e. The van der Waals surface area contributed by atoms with Crippen LogP contribution in [0.5, 0.6) is 0 Å². The summed E-state index contributed by atoms with van der Waals surface area (Å²) in [7, 11) is 0. The van der Waals surface area contributed by atoms with Crippen LogP contribution >= 0.6 is 12.6 Å². The molecule has 0 radical (unpaired) electrons. The number of ketones is 1. The van der Waals surface area contributed by atoms with Gasteiger partial charge in [0.1, 0.15) is 5.82 Å². The van der Waals surface area contributed by atoms with Crippen molar-refractivity contribution in [2.45, 2.75) is 18.6 Å². The molecule has 0 aliphatic carbocycles. The molecule has 17 heavy (non-hydrogen) atoms. The van der Waals surface area contributed by atoms with Crippen LogP contribution in [0.2, 0.25) is 0 Å². The highest BCUT2D eigenvalue weighted by molar-refractivity contribution is 7.81. The Balaban J connectivity index is 2.34. The third-order valence-electron chi connectivity index (χ3n) is 2.75. The fraction of sp³-hybridized carbons (Fsp3) is 0.333. The maximum absolute atomic E-state index is 13.8. The zero-order valence-electron chi connectivity index (χ0n) is 9.31. The van der Waals surface area contributed by atoms with Gasteiger partial charge < -0.3 is 4.90 Å². The molecule has 5 heteroatoms. The van der Waals surface area contributed by atoms with E-state index >= 15 is 0 Å². The lowest BCUT2D eigenvalue weighted by Gasteiger charge is -2.17. The molecule has 1 aromatic carbocycles.